The van der Waals surface area contributed by atoms with Crippen molar-refractivity contribution in [3.05, 3.63) is 35.4 Å². The van der Waals surface area contributed by atoms with Crippen LogP contribution in [0.2, 0.25) is 0 Å². The molecule has 94 valence electrons. The molecule has 1 aromatic carbocycles. The lowest BCUT2D eigenvalue weighted by Crippen LogP contribution is -2.38. The Morgan fingerprint density at radius 1 is 1.06 bits per heavy atom. The predicted octanol–water partition coefficient (Wildman–Crippen LogP) is 1.93. The van der Waals surface area contributed by atoms with Crippen molar-refractivity contribution in [3.63, 3.8) is 0 Å². The Balaban J connectivity index is 1.91. The minimum Gasteiger partial charge on any atom is -0.267 e. The second-order valence-corrected chi connectivity index (χ2v) is 5.97. The van der Waals surface area contributed by atoms with Gasteiger partial charge in [-0.3, -0.25) is 9.59 Å². The number of imide groups is 1. The average Bonchev–Trinajstić information content (AvgIpc) is 3.05. The van der Waals surface area contributed by atoms with Gasteiger partial charge in [0.2, 0.25) is 0 Å². The van der Waals surface area contributed by atoms with Gasteiger partial charge >= 0.3 is 0 Å². The van der Waals surface area contributed by atoms with Crippen molar-refractivity contribution in [2.75, 3.05) is 6.54 Å². The molecule has 0 radical (unpaired) electrons. The van der Waals surface area contributed by atoms with Crippen LogP contribution in [0.25, 0.3) is 0 Å². The van der Waals surface area contributed by atoms with Crippen molar-refractivity contribution in [2.45, 2.75) is 26.8 Å². The zero-order valence-corrected chi connectivity index (χ0v) is 10.8. The molecule has 2 aliphatic heterocycles. The molecule has 2 aliphatic rings. The number of nitrogens with zero attached hydrogens (tertiary/aromatic N) is 2. The van der Waals surface area contributed by atoms with E-state index in [9.17, 15) is 9.59 Å². The summed E-state index contributed by atoms with van der Waals surface area (Å²) in [5.41, 5.74) is 1.11. The van der Waals surface area contributed by atoms with Gasteiger partial charge in [-0.15, -0.1) is 0 Å². The van der Waals surface area contributed by atoms with Crippen LogP contribution in [0, 0.1) is 5.41 Å². The minimum atomic E-state index is -0.192. The van der Waals surface area contributed by atoms with E-state index in [4.69, 9.17) is 0 Å². The normalized spacial score (nSPS) is 26.5. The Morgan fingerprint density at radius 2 is 1.56 bits per heavy atom. The second kappa shape index (κ2) is 3.42. The molecule has 0 bridgehead atoms. The van der Waals surface area contributed by atoms with Gasteiger partial charge in [-0.1, -0.05) is 32.9 Å². The molecule has 2 amide bonds. The third-order valence-electron chi connectivity index (χ3n) is 3.62. The van der Waals surface area contributed by atoms with Crippen molar-refractivity contribution in [1.82, 2.24) is 10.0 Å². The third kappa shape index (κ3) is 1.49. The first-order chi connectivity index (χ1) is 8.41. The molecule has 18 heavy (non-hydrogen) atoms. The molecular formula is C14H16N2O2. The number of hydrogen-bond donors (Lipinski definition) is 0. The van der Waals surface area contributed by atoms with Crippen LogP contribution in [0.4, 0.5) is 0 Å². The van der Waals surface area contributed by atoms with Crippen LogP contribution in [0.15, 0.2) is 24.3 Å². The Labute approximate surface area is 106 Å². The molecule has 1 aromatic rings. The fraction of sp³-hybridized carbons (Fsp3) is 0.429. The smallest absolute Gasteiger partial charge is 0.267 e. The molecule has 0 N–H and O–H groups in total. The zero-order valence-electron chi connectivity index (χ0n) is 10.8. The fourth-order valence-corrected chi connectivity index (χ4v) is 2.48. The van der Waals surface area contributed by atoms with Crippen LogP contribution < -0.4 is 0 Å². The van der Waals surface area contributed by atoms with Crippen LogP contribution in [0.5, 0.6) is 0 Å². The predicted molar refractivity (Wildman–Crippen MR) is 66.9 cm³/mol. The van der Waals surface area contributed by atoms with Crippen LogP contribution in [-0.4, -0.2) is 34.4 Å². The molecular weight excluding hydrogens is 228 g/mol. The summed E-state index contributed by atoms with van der Waals surface area (Å²) in [5.74, 6) is -0.385. The molecule has 4 heteroatoms. The number of amides is 2. The van der Waals surface area contributed by atoms with E-state index >= 15 is 0 Å². The van der Waals surface area contributed by atoms with Gasteiger partial charge in [0.05, 0.1) is 11.1 Å². The van der Waals surface area contributed by atoms with Gasteiger partial charge in [0.1, 0.15) is 0 Å². The van der Waals surface area contributed by atoms with Gasteiger partial charge in [-0.05, 0) is 17.5 Å². The van der Waals surface area contributed by atoms with E-state index in [2.05, 4.69) is 20.8 Å². The summed E-state index contributed by atoms with van der Waals surface area (Å²) in [6.07, 6.45) is 0. The van der Waals surface area contributed by atoms with Crippen molar-refractivity contribution in [2.24, 2.45) is 5.41 Å². The highest BCUT2D eigenvalue weighted by Crippen LogP contribution is 2.39. The minimum absolute atomic E-state index is 0.0787. The summed E-state index contributed by atoms with van der Waals surface area (Å²) in [5, 5.41) is 3.17. The zero-order chi connectivity index (χ0) is 13.1. The quantitative estimate of drug-likeness (QED) is 0.560. The number of hydrazine groups is 1. The number of rotatable bonds is 1. The highest BCUT2D eigenvalue weighted by atomic mass is 16.2. The van der Waals surface area contributed by atoms with Crippen molar-refractivity contribution in [3.8, 4) is 0 Å². The molecule has 1 fully saturated rings. The van der Waals surface area contributed by atoms with Crippen molar-refractivity contribution >= 4 is 11.8 Å². The van der Waals surface area contributed by atoms with Crippen molar-refractivity contribution < 1.29 is 9.59 Å². The van der Waals surface area contributed by atoms with Crippen LogP contribution in [0.3, 0.4) is 0 Å². The summed E-state index contributed by atoms with van der Waals surface area (Å²) in [6, 6.07) is 7.27. The Kier molecular flexibility index (Phi) is 2.17. The molecule has 3 rings (SSSR count). The molecule has 2 heterocycles. The maximum absolute atomic E-state index is 12.2. The first-order valence-corrected chi connectivity index (χ1v) is 6.15. The summed E-state index contributed by atoms with van der Waals surface area (Å²) < 4.78 is 0. The molecule has 1 saturated heterocycles. The lowest BCUT2D eigenvalue weighted by molar-refractivity contribution is 0.0330. The number of carbonyl (C=O) groups is 2. The van der Waals surface area contributed by atoms with Crippen LogP contribution in [-0.2, 0) is 0 Å². The van der Waals surface area contributed by atoms with Crippen LogP contribution >= 0.6 is 0 Å². The Morgan fingerprint density at radius 3 is 1.94 bits per heavy atom. The van der Waals surface area contributed by atoms with E-state index in [1.807, 2.05) is 5.01 Å². The SMILES string of the molecule is CC(C)(C)C1CN1N1C(=O)c2ccccc2C1=O. The summed E-state index contributed by atoms with van der Waals surface area (Å²) >= 11 is 0. The number of carbonyl (C=O) groups excluding carboxylic acids is 2. The van der Waals surface area contributed by atoms with E-state index in [-0.39, 0.29) is 23.3 Å². The summed E-state index contributed by atoms with van der Waals surface area (Å²) in [7, 11) is 0. The number of benzene rings is 1. The molecule has 2 unspecified atom stereocenters. The van der Waals surface area contributed by atoms with Crippen LogP contribution in [0.1, 0.15) is 41.5 Å². The van der Waals surface area contributed by atoms with E-state index in [1.165, 1.54) is 5.01 Å². The Hall–Kier alpha value is -1.68. The topological polar surface area (TPSA) is 40.4 Å². The molecule has 0 aliphatic carbocycles. The maximum atomic E-state index is 12.2. The van der Waals surface area contributed by atoms with E-state index in [1.54, 1.807) is 24.3 Å². The van der Waals surface area contributed by atoms with E-state index in [0.717, 1.165) is 6.54 Å². The highest BCUT2D eigenvalue weighted by Gasteiger charge is 2.52. The van der Waals surface area contributed by atoms with Gasteiger partial charge in [0.15, 0.2) is 0 Å². The largest absolute Gasteiger partial charge is 0.276 e. The standard InChI is InChI=1S/C14H16N2O2/c1-14(2,3)11-8-15(11)16-12(17)9-6-4-5-7-10(9)13(16)18/h4-7,11H,8H2,1-3H3. The fourth-order valence-electron chi connectivity index (χ4n) is 2.48. The van der Waals surface area contributed by atoms with Crippen molar-refractivity contribution in [1.29, 1.82) is 0 Å². The molecule has 2 atom stereocenters. The summed E-state index contributed by atoms with van der Waals surface area (Å²) in [6.45, 7) is 7.14. The third-order valence-corrected chi connectivity index (χ3v) is 3.62. The monoisotopic (exact) mass is 244 g/mol. The van der Waals surface area contributed by atoms with E-state index < -0.39 is 0 Å². The van der Waals surface area contributed by atoms with E-state index in [0.29, 0.717) is 11.1 Å². The average molecular weight is 244 g/mol. The maximum Gasteiger partial charge on any atom is 0.276 e. The second-order valence-electron chi connectivity index (χ2n) is 5.97. The number of hydrogen-bond acceptors (Lipinski definition) is 3. The molecule has 0 saturated carbocycles. The van der Waals surface area contributed by atoms with Gasteiger partial charge in [0, 0.05) is 12.6 Å². The summed E-state index contributed by atoms with van der Waals surface area (Å²) in [4.78, 5) is 24.4. The van der Waals surface area contributed by atoms with Gasteiger partial charge in [-0.2, -0.15) is 0 Å². The molecule has 0 spiro atoms. The lowest BCUT2D eigenvalue weighted by atomic mass is 9.92. The van der Waals surface area contributed by atoms with Gasteiger partial charge in [-0.25, -0.2) is 10.0 Å². The highest BCUT2D eigenvalue weighted by molar-refractivity contribution is 6.21. The first-order valence-electron chi connectivity index (χ1n) is 6.15. The van der Waals surface area contributed by atoms with Gasteiger partial charge < -0.3 is 0 Å². The molecule has 4 nitrogen and oxygen atoms in total. The van der Waals surface area contributed by atoms with Gasteiger partial charge in [0.25, 0.3) is 11.8 Å². The number of fused-ring (bicyclic) bond motifs is 1. The first kappa shape index (κ1) is 11.4. The Bertz CT molecular complexity index is 510. The molecule has 0 aromatic heterocycles. The lowest BCUT2D eigenvalue weighted by Gasteiger charge is -2.22.